The Morgan fingerprint density at radius 3 is 2.69 bits per heavy atom. The maximum absolute atomic E-state index is 12.7. The lowest BCUT2D eigenvalue weighted by Gasteiger charge is -2.31. The second-order valence-corrected chi connectivity index (χ2v) is 9.30. The van der Waals surface area contributed by atoms with Gasteiger partial charge in [-0.05, 0) is 70.8 Å². The number of rotatable bonds is 8. The summed E-state index contributed by atoms with van der Waals surface area (Å²) in [5, 5.41) is 7.35. The van der Waals surface area contributed by atoms with E-state index >= 15 is 0 Å². The number of nitrogens with one attached hydrogen (secondary N) is 1. The molecule has 1 amide bonds. The topological polar surface area (TPSA) is 74.5 Å². The highest BCUT2D eigenvalue weighted by Gasteiger charge is 2.27. The number of nitrogens with zero attached hydrogens (tertiary/aromatic N) is 4. The van der Waals surface area contributed by atoms with Gasteiger partial charge in [0.15, 0.2) is 0 Å². The second kappa shape index (κ2) is 11.6. The molecule has 1 atom stereocenters. The van der Waals surface area contributed by atoms with Crippen molar-refractivity contribution in [2.24, 2.45) is 5.92 Å². The normalized spacial score (nSPS) is 20.7. The molecular formula is C25H37N5O2. The number of carbonyl (C=O) groups excluding carboxylic acids is 1. The molecule has 1 aromatic heterocycles. The summed E-state index contributed by atoms with van der Waals surface area (Å²) >= 11 is 0. The van der Waals surface area contributed by atoms with Crippen molar-refractivity contribution in [3.05, 3.63) is 35.7 Å². The zero-order valence-corrected chi connectivity index (χ0v) is 19.4. The molecule has 0 spiro atoms. The minimum atomic E-state index is 0.0423. The van der Waals surface area contributed by atoms with E-state index in [0.29, 0.717) is 18.3 Å². The number of aromatic nitrogens is 2. The summed E-state index contributed by atoms with van der Waals surface area (Å²) in [5.41, 5.74) is 2.13. The molecular weight excluding hydrogens is 402 g/mol. The lowest BCUT2D eigenvalue weighted by Crippen LogP contribution is -2.43. The van der Waals surface area contributed by atoms with Crippen molar-refractivity contribution in [1.82, 2.24) is 25.3 Å². The van der Waals surface area contributed by atoms with E-state index in [1.54, 1.807) is 0 Å². The number of hydrogen-bond acceptors (Lipinski definition) is 6. The van der Waals surface area contributed by atoms with Crippen LogP contribution in [0.2, 0.25) is 0 Å². The summed E-state index contributed by atoms with van der Waals surface area (Å²) in [6.45, 7) is 8.65. The van der Waals surface area contributed by atoms with Gasteiger partial charge < -0.3 is 14.7 Å². The van der Waals surface area contributed by atoms with Crippen molar-refractivity contribution in [2.75, 3.05) is 39.3 Å². The molecule has 1 N–H and O–H groups in total. The molecule has 7 heteroatoms. The lowest BCUT2D eigenvalue weighted by molar-refractivity contribution is -0.126. The van der Waals surface area contributed by atoms with E-state index in [1.807, 2.05) is 31.2 Å². The molecule has 2 fully saturated rings. The fourth-order valence-electron chi connectivity index (χ4n) is 4.88. The fraction of sp³-hybridized carbons (Fsp3) is 0.640. The van der Waals surface area contributed by atoms with Crippen LogP contribution in [-0.2, 0) is 11.3 Å². The zero-order chi connectivity index (χ0) is 22.2. The van der Waals surface area contributed by atoms with E-state index in [4.69, 9.17) is 4.52 Å². The Kier molecular flexibility index (Phi) is 8.29. The van der Waals surface area contributed by atoms with Gasteiger partial charge in [-0.15, -0.1) is 0 Å². The first-order chi connectivity index (χ1) is 15.7. The molecule has 2 saturated heterocycles. The van der Waals surface area contributed by atoms with Crippen LogP contribution in [0.15, 0.2) is 28.8 Å². The van der Waals surface area contributed by atoms with Gasteiger partial charge in [0.2, 0.25) is 17.6 Å². The SMILES string of the molecule is Cc1ccccc1-c1noc(CN2CCCC(C(=O)NCCCN3CCCCCC3)C2)n1. The minimum Gasteiger partial charge on any atom is -0.356 e. The average molecular weight is 440 g/mol. The van der Waals surface area contributed by atoms with Gasteiger partial charge in [-0.3, -0.25) is 9.69 Å². The van der Waals surface area contributed by atoms with E-state index in [-0.39, 0.29) is 11.8 Å². The maximum Gasteiger partial charge on any atom is 0.241 e. The highest BCUT2D eigenvalue weighted by Crippen LogP contribution is 2.22. The van der Waals surface area contributed by atoms with Crippen LogP contribution >= 0.6 is 0 Å². The van der Waals surface area contributed by atoms with E-state index < -0.39 is 0 Å². The highest BCUT2D eigenvalue weighted by molar-refractivity contribution is 5.78. The summed E-state index contributed by atoms with van der Waals surface area (Å²) < 4.78 is 5.51. The molecule has 4 rings (SSSR count). The number of hydrogen-bond donors (Lipinski definition) is 1. The second-order valence-electron chi connectivity index (χ2n) is 9.30. The van der Waals surface area contributed by atoms with Crippen LogP contribution in [0.4, 0.5) is 0 Å². The molecule has 7 nitrogen and oxygen atoms in total. The van der Waals surface area contributed by atoms with E-state index in [0.717, 1.165) is 56.6 Å². The van der Waals surface area contributed by atoms with Crippen molar-refractivity contribution >= 4 is 5.91 Å². The van der Waals surface area contributed by atoms with Crippen molar-refractivity contribution in [2.45, 2.75) is 58.4 Å². The molecule has 2 aliphatic heterocycles. The van der Waals surface area contributed by atoms with Crippen molar-refractivity contribution in [3.8, 4) is 11.4 Å². The monoisotopic (exact) mass is 439 g/mol. The highest BCUT2D eigenvalue weighted by atomic mass is 16.5. The number of piperidine rings is 1. The standard InChI is InChI=1S/C25H37N5O2/c1-20-10-4-5-12-22(20)24-27-23(32-28-24)19-30-16-8-11-21(18-30)25(31)26-13-9-17-29-14-6-2-3-7-15-29/h4-5,10,12,21H,2-3,6-9,11,13-19H2,1H3,(H,26,31). The van der Waals surface area contributed by atoms with Gasteiger partial charge in [0.25, 0.3) is 0 Å². The molecule has 0 saturated carbocycles. The Balaban J connectivity index is 1.21. The van der Waals surface area contributed by atoms with Crippen molar-refractivity contribution < 1.29 is 9.32 Å². The molecule has 3 heterocycles. The minimum absolute atomic E-state index is 0.0423. The Hall–Kier alpha value is -2.25. The molecule has 174 valence electrons. The average Bonchev–Trinajstić information content (AvgIpc) is 3.10. The summed E-state index contributed by atoms with van der Waals surface area (Å²) in [4.78, 5) is 22.1. The first-order valence-electron chi connectivity index (χ1n) is 12.3. The number of benzene rings is 1. The number of amides is 1. The first kappa shape index (κ1) is 22.9. The van der Waals surface area contributed by atoms with Gasteiger partial charge in [-0.2, -0.15) is 4.98 Å². The lowest BCUT2D eigenvalue weighted by atomic mass is 9.97. The number of likely N-dealkylation sites (tertiary alicyclic amines) is 2. The van der Waals surface area contributed by atoms with Gasteiger partial charge in [-0.1, -0.05) is 42.3 Å². The Morgan fingerprint density at radius 2 is 1.88 bits per heavy atom. The van der Waals surface area contributed by atoms with E-state index in [2.05, 4.69) is 25.3 Å². The first-order valence-corrected chi connectivity index (χ1v) is 12.3. The predicted octanol–water partition coefficient (Wildman–Crippen LogP) is 3.64. The summed E-state index contributed by atoms with van der Waals surface area (Å²) in [6.07, 6.45) is 8.36. The van der Waals surface area contributed by atoms with Crippen LogP contribution < -0.4 is 5.32 Å². The molecule has 1 unspecified atom stereocenters. The van der Waals surface area contributed by atoms with Crippen LogP contribution in [-0.4, -0.2) is 65.1 Å². The Bertz CT molecular complexity index is 860. The molecule has 1 aromatic carbocycles. The third kappa shape index (κ3) is 6.39. The number of aryl methyl sites for hydroxylation is 1. The Labute approximate surface area is 191 Å². The van der Waals surface area contributed by atoms with Crippen LogP contribution in [0.25, 0.3) is 11.4 Å². The van der Waals surface area contributed by atoms with Crippen LogP contribution in [0.1, 0.15) is 56.4 Å². The largest absolute Gasteiger partial charge is 0.356 e. The van der Waals surface area contributed by atoms with Gasteiger partial charge >= 0.3 is 0 Å². The Morgan fingerprint density at radius 1 is 1.09 bits per heavy atom. The van der Waals surface area contributed by atoms with Gasteiger partial charge in [0.05, 0.1) is 12.5 Å². The summed E-state index contributed by atoms with van der Waals surface area (Å²) in [7, 11) is 0. The molecule has 0 bridgehead atoms. The zero-order valence-electron chi connectivity index (χ0n) is 19.4. The quantitative estimate of drug-likeness (QED) is 0.633. The fourth-order valence-corrected chi connectivity index (χ4v) is 4.88. The molecule has 0 aliphatic carbocycles. The maximum atomic E-state index is 12.7. The summed E-state index contributed by atoms with van der Waals surface area (Å²) in [6, 6.07) is 8.05. The molecule has 2 aromatic rings. The third-order valence-electron chi connectivity index (χ3n) is 6.74. The number of carbonyl (C=O) groups is 1. The van der Waals surface area contributed by atoms with Crippen molar-refractivity contribution in [3.63, 3.8) is 0 Å². The van der Waals surface area contributed by atoms with Gasteiger partial charge in [0.1, 0.15) is 0 Å². The molecule has 2 aliphatic rings. The molecule has 0 radical (unpaired) electrons. The van der Waals surface area contributed by atoms with Crippen LogP contribution in [0.5, 0.6) is 0 Å². The van der Waals surface area contributed by atoms with Gasteiger partial charge in [0, 0.05) is 18.7 Å². The van der Waals surface area contributed by atoms with E-state index in [9.17, 15) is 4.79 Å². The summed E-state index contributed by atoms with van der Waals surface area (Å²) in [5.74, 6) is 1.48. The molecule has 32 heavy (non-hydrogen) atoms. The van der Waals surface area contributed by atoms with Crippen LogP contribution in [0.3, 0.4) is 0 Å². The predicted molar refractivity (Wildman–Crippen MR) is 125 cm³/mol. The van der Waals surface area contributed by atoms with Gasteiger partial charge in [-0.25, -0.2) is 0 Å². The van der Waals surface area contributed by atoms with Crippen LogP contribution in [0, 0.1) is 12.8 Å². The van der Waals surface area contributed by atoms with E-state index in [1.165, 1.54) is 38.8 Å². The smallest absolute Gasteiger partial charge is 0.241 e. The van der Waals surface area contributed by atoms with Crippen molar-refractivity contribution in [1.29, 1.82) is 0 Å². The third-order valence-corrected chi connectivity index (χ3v) is 6.74.